The van der Waals surface area contributed by atoms with Gasteiger partial charge in [0.1, 0.15) is 5.82 Å². The van der Waals surface area contributed by atoms with Gasteiger partial charge < -0.3 is 10.2 Å². The van der Waals surface area contributed by atoms with Crippen LogP contribution in [0.15, 0.2) is 36.4 Å². The van der Waals surface area contributed by atoms with Crippen LogP contribution in [0.2, 0.25) is 0 Å². The molecule has 0 aliphatic carbocycles. The zero-order valence-electron chi connectivity index (χ0n) is 17.4. The monoisotopic (exact) mass is 442 g/mol. The fourth-order valence-corrected chi connectivity index (χ4v) is 4.58. The molecule has 1 unspecified atom stereocenters. The number of nitrogens with zero attached hydrogens (tertiary/aromatic N) is 5. The highest BCUT2D eigenvalue weighted by Crippen LogP contribution is 2.44. The molecule has 0 radical (unpaired) electrons. The second-order valence-corrected chi connectivity index (χ2v) is 8.09. The molecule has 0 spiro atoms. The minimum absolute atomic E-state index is 0.0641. The minimum Gasteiger partial charge on any atom is -0.355 e. The smallest absolute Gasteiger partial charge is 0.355 e. The molecule has 1 saturated heterocycles. The van der Waals surface area contributed by atoms with Gasteiger partial charge in [-0.25, -0.2) is 0 Å². The van der Waals surface area contributed by atoms with E-state index >= 15 is 0 Å². The number of hydrogen-bond donors (Lipinski definition) is 1. The van der Waals surface area contributed by atoms with Gasteiger partial charge in [0.15, 0.2) is 11.6 Å². The average molecular weight is 442 g/mol. The highest BCUT2D eigenvalue weighted by molar-refractivity contribution is 5.95. The van der Waals surface area contributed by atoms with Crippen LogP contribution in [-0.4, -0.2) is 39.0 Å². The van der Waals surface area contributed by atoms with Gasteiger partial charge in [0.05, 0.1) is 11.3 Å². The van der Waals surface area contributed by atoms with Crippen LogP contribution in [0.4, 0.5) is 24.8 Å². The lowest BCUT2D eigenvalue weighted by Gasteiger charge is -2.26. The molecule has 2 aliphatic heterocycles. The van der Waals surface area contributed by atoms with Gasteiger partial charge in [-0.15, -0.1) is 10.2 Å². The minimum atomic E-state index is -4.52. The Balaban J connectivity index is 1.58. The van der Waals surface area contributed by atoms with Gasteiger partial charge >= 0.3 is 6.18 Å². The molecule has 1 atom stereocenters. The quantitative estimate of drug-likeness (QED) is 0.662. The number of amides is 1. The molecule has 5 rings (SSSR count). The van der Waals surface area contributed by atoms with E-state index < -0.39 is 17.7 Å². The van der Waals surface area contributed by atoms with Crippen molar-refractivity contribution < 1.29 is 18.0 Å². The van der Waals surface area contributed by atoms with Crippen LogP contribution in [0.3, 0.4) is 0 Å². The van der Waals surface area contributed by atoms with E-state index in [2.05, 4.69) is 25.5 Å². The summed E-state index contributed by atoms with van der Waals surface area (Å²) >= 11 is 0. The molecule has 1 fully saturated rings. The first-order valence-electron chi connectivity index (χ1n) is 10.5. The number of rotatable bonds is 3. The van der Waals surface area contributed by atoms with Crippen molar-refractivity contribution >= 4 is 17.5 Å². The SMILES string of the molecule is Cc1nn(-c2ccc(N3CCCC3)nn2)c2c1C(c1ccccc1C(F)(F)F)CC(=O)N2. The molecule has 2 aromatic heterocycles. The molecule has 10 heteroatoms. The Kier molecular flexibility index (Phi) is 4.87. The van der Waals surface area contributed by atoms with Crippen molar-refractivity contribution in [2.24, 2.45) is 0 Å². The lowest BCUT2D eigenvalue weighted by atomic mass is 9.83. The highest BCUT2D eigenvalue weighted by atomic mass is 19.4. The number of fused-ring (bicyclic) bond motifs is 1. The molecule has 0 saturated carbocycles. The zero-order chi connectivity index (χ0) is 22.5. The predicted octanol–water partition coefficient (Wildman–Crippen LogP) is 4.06. The van der Waals surface area contributed by atoms with Gasteiger partial charge in [-0.05, 0) is 43.5 Å². The van der Waals surface area contributed by atoms with Gasteiger partial charge in [-0.2, -0.15) is 23.0 Å². The van der Waals surface area contributed by atoms with E-state index in [0.29, 0.717) is 22.9 Å². The Morgan fingerprint density at radius 3 is 2.41 bits per heavy atom. The van der Waals surface area contributed by atoms with E-state index in [0.717, 1.165) is 37.8 Å². The molecule has 0 bridgehead atoms. The Hall–Kier alpha value is -3.43. The molecular formula is C22H21F3N6O. The number of halogens is 3. The Bertz CT molecular complexity index is 1170. The molecule has 7 nitrogen and oxygen atoms in total. The number of carbonyl (C=O) groups is 1. The summed E-state index contributed by atoms with van der Waals surface area (Å²) in [4.78, 5) is 14.7. The summed E-state index contributed by atoms with van der Waals surface area (Å²) in [5.74, 6) is 0.362. The normalized spacial score (nSPS) is 18.6. The predicted molar refractivity (Wildman–Crippen MR) is 112 cm³/mol. The zero-order valence-corrected chi connectivity index (χ0v) is 17.4. The Labute approximate surface area is 182 Å². The molecule has 4 heterocycles. The number of hydrogen-bond acceptors (Lipinski definition) is 5. The van der Waals surface area contributed by atoms with Crippen LogP contribution >= 0.6 is 0 Å². The molecule has 3 aromatic rings. The van der Waals surface area contributed by atoms with Crippen LogP contribution in [-0.2, 0) is 11.0 Å². The first-order valence-corrected chi connectivity index (χ1v) is 10.5. The maximum atomic E-state index is 13.7. The van der Waals surface area contributed by atoms with Crippen molar-refractivity contribution in [1.82, 2.24) is 20.0 Å². The van der Waals surface area contributed by atoms with E-state index in [1.165, 1.54) is 16.8 Å². The third-order valence-corrected chi connectivity index (χ3v) is 6.03. The van der Waals surface area contributed by atoms with Crippen LogP contribution in [0, 0.1) is 6.92 Å². The summed E-state index contributed by atoms with van der Waals surface area (Å²) in [6, 6.07) is 8.98. The molecule has 166 valence electrons. The number of alkyl halides is 3. The van der Waals surface area contributed by atoms with Crippen LogP contribution in [0.5, 0.6) is 0 Å². The lowest BCUT2D eigenvalue weighted by Crippen LogP contribution is -2.26. The van der Waals surface area contributed by atoms with E-state index in [1.807, 2.05) is 6.07 Å². The maximum absolute atomic E-state index is 13.7. The molecule has 32 heavy (non-hydrogen) atoms. The Morgan fingerprint density at radius 1 is 1.03 bits per heavy atom. The van der Waals surface area contributed by atoms with Crippen molar-refractivity contribution in [3.8, 4) is 5.82 Å². The molecule has 1 aromatic carbocycles. The van der Waals surface area contributed by atoms with E-state index in [1.54, 1.807) is 19.1 Å². The van der Waals surface area contributed by atoms with E-state index in [-0.39, 0.29) is 17.9 Å². The van der Waals surface area contributed by atoms with Gasteiger partial charge in [0.2, 0.25) is 5.91 Å². The number of carbonyl (C=O) groups excluding carboxylic acids is 1. The summed E-state index contributed by atoms with van der Waals surface area (Å²) in [6.45, 7) is 3.59. The third-order valence-electron chi connectivity index (χ3n) is 6.03. The molecule has 1 amide bonds. The number of aryl methyl sites for hydroxylation is 1. The summed E-state index contributed by atoms with van der Waals surface area (Å²) in [7, 11) is 0. The van der Waals surface area contributed by atoms with Crippen molar-refractivity contribution in [1.29, 1.82) is 0 Å². The fraction of sp³-hybridized carbons (Fsp3) is 0.364. The molecular weight excluding hydrogens is 421 g/mol. The number of aromatic nitrogens is 4. The lowest BCUT2D eigenvalue weighted by molar-refractivity contribution is -0.138. The van der Waals surface area contributed by atoms with Crippen LogP contribution in [0.25, 0.3) is 5.82 Å². The fourth-order valence-electron chi connectivity index (χ4n) is 4.58. The van der Waals surface area contributed by atoms with Gasteiger partial charge in [-0.1, -0.05) is 18.2 Å². The third kappa shape index (κ3) is 3.49. The van der Waals surface area contributed by atoms with E-state index in [4.69, 9.17) is 0 Å². The van der Waals surface area contributed by atoms with Gasteiger partial charge in [-0.3, -0.25) is 4.79 Å². The van der Waals surface area contributed by atoms with Crippen molar-refractivity contribution in [2.75, 3.05) is 23.3 Å². The molecule has 2 aliphatic rings. The average Bonchev–Trinajstić information content (AvgIpc) is 3.41. The summed E-state index contributed by atoms with van der Waals surface area (Å²) in [5, 5.41) is 15.8. The first-order chi connectivity index (χ1) is 15.3. The van der Waals surface area contributed by atoms with Crippen molar-refractivity contribution in [2.45, 2.75) is 38.3 Å². The summed E-state index contributed by atoms with van der Waals surface area (Å²) < 4.78 is 42.5. The Morgan fingerprint density at radius 2 is 1.72 bits per heavy atom. The van der Waals surface area contributed by atoms with Crippen LogP contribution in [0.1, 0.15) is 47.6 Å². The van der Waals surface area contributed by atoms with Crippen molar-refractivity contribution in [3.63, 3.8) is 0 Å². The maximum Gasteiger partial charge on any atom is 0.416 e. The van der Waals surface area contributed by atoms with Crippen LogP contribution < -0.4 is 10.2 Å². The second-order valence-electron chi connectivity index (χ2n) is 8.09. The van der Waals surface area contributed by atoms with Gasteiger partial charge in [0, 0.05) is 31.0 Å². The topological polar surface area (TPSA) is 75.9 Å². The van der Waals surface area contributed by atoms with Crippen molar-refractivity contribution in [3.05, 3.63) is 58.8 Å². The second kappa shape index (κ2) is 7.61. The number of nitrogens with one attached hydrogen (secondary N) is 1. The number of benzene rings is 1. The first kappa shape index (κ1) is 20.5. The highest BCUT2D eigenvalue weighted by Gasteiger charge is 2.39. The standard InChI is InChI=1S/C22H21F3N6O/c1-13-20-15(14-6-2-3-7-16(14)22(23,24)25)12-19(32)26-21(20)31(29-13)18-9-8-17(27-28-18)30-10-4-5-11-30/h2-3,6-9,15H,4-5,10-12H2,1H3,(H,26,32). The van der Waals surface area contributed by atoms with Gasteiger partial charge in [0.25, 0.3) is 0 Å². The number of anilines is 2. The molecule has 1 N–H and O–H groups in total. The summed E-state index contributed by atoms with van der Waals surface area (Å²) in [5.41, 5.74) is 0.417. The summed E-state index contributed by atoms with van der Waals surface area (Å²) in [6.07, 6.45) is -2.39. The van der Waals surface area contributed by atoms with E-state index in [9.17, 15) is 18.0 Å². The largest absolute Gasteiger partial charge is 0.416 e.